The van der Waals surface area contributed by atoms with Crippen LogP contribution >= 0.6 is 0 Å². The van der Waals surface area contributed by atoms with Crippen LogP contribution in [0.2, 0.25) is 0 Å². The minimum Gasteiger partial charge on any atom is -0.364 e. The first-order valence-electron chi connectivity index (χ1n) is 7.17. The molecule has 2 rings (SSSR count). The topological polar surface area (TPSA) is 72.5 Å². The van der Waals surface area contributed by atoms with Crippen molar-refractivity contribution < 1.29 is 17.9 Å². The molecule has 0 aliphatic rings. The number of hydrogen-bond acceptors (Lipinski definition) is 4. The SMILES string of the molecule is Cc1ccc(S(=O)(=O)NC(=O)C(C)OCc2ccccc2)cc1. The molecule has 1 amide bonds. The maximum Gasteiger partial charge on any atom is 0.264 e. The summed E-state index contributed by atoms with van der Waals surface area (Å²) >= 11 is 0. The molecule has 1 atom stereocenters. The van der Waals surface area contributed by atoms with Gasteiger partial charge in [0.1, 0.15) is 6.10 Å². The predicted octanol–water partition coefficient (Wildman–Crippen LogP) is 2.41. The van der Waals surface area contributed by atoms with Gasteiger partial charge in [-0.3, -0.25) is 4.79 Å². The van der Waals surface area contributed by atoms with E-state index < -0.39 is 22.0 Å². The van der Waals surface area contributed by atoms with Crippen LogP contribution in [0.25, 0.3) is 0 Å². The molecular weight excluding hydrogens is 314 g/mol. The molecule has 0 spiro atoms. The Morgan fingerprint density at radius 1 is 1.09 bits per heavy atom. The van der Waals surface area contributed by atoms with Gasteiger partial charge in [-0.05, 0) is 31.5 Å². The lowest BCUT2D eigenvalue weighted by Crippen LogP contribution is -2.38. The summed E-state index contributed by atoms with van der Waals surface area (Å²) in [4.78, 5) is 12.1. The fourth-order valence-corrected chi connectivity index (χ4v) is 2.91. The predicted molar refractivity (Wildman–Crippen MR) is 87.2 cm³/mol. The van der Waals surface area contributed by atoms with Crippen molar-refractivity contribution >= 4 is 15.9 Å². The molecule has 0 aliphatic carbocycles. The van der Waals surface area contributed by atoms with Gasteiger partial charge in [0.05, 0.1) is 11.5 Å². The monoisotopic (exact) mass is 333 g/mol. The van der Waals surface area contributed by atoms with Crippen molar-refractivity contribution in [2.75, 3.05) is 0 Å². The largest absolute Gasteiger partial charge is 0.364 e. The second-order valence-corrected chi connectivity index (χ2v) is 6.90. The minimum absolute atomic E-state index is 0.0479. The lowest BCUT2D eigenvalue weighted by atomic mass is 10.2. The van der Waals surface area contributed by atoms with Crippen LogP contribution in [0.5, 0.6) is 0 Å². The summed E-state index contributed by atoms with van der Waals surface area (Å²) in [5.41, 5.74) is 1.85. The quantitative estimate of drug-likeness (QED) is 0.881. The summed E-state index contributed by atoms with van der Waals surface area (Å²) in [6, 6.07) is 15.6. The molecule has 5 nitrogen and oxygen atoms in total. The van der Waals surface area contributed by atoms with Gasteiger partial charge >= 0.3 is 0 Å². The van der Waals surface area contributed by atoms with Crippen LogP contribution in [0.1, 0.15) is 18.1 Å². The zero-order chi connectivity index (χ0) is 16.9. The number of hydrogen-bond donors (Lipinski definition) is 1. The van der Waals surface area contributed by atoms with Gasteiger partial charge in [-0.15, -0.1) is 0 Å². The first-order valence-corrected chi connectivity index (χ1v) is 8.65. The Bertz CT molecular complexity index is 755. The Hall–Kier alpha value is -2.18. The molecule has 122 valence electrons. The van der Waals surface area contributed by atoms with Crippen LogP contribution in [0.4, 0.5) is 0 Å². The number of nitrogens with one attached hydrogen (secondary N) is 1. The van der Waals surface area contributed by atoms with E-state index >= 15 is 0 Å². The molecule has 0 fully saturated rings. The van der Waals surface area contributed by atoms with E-state index in [1.807, 2.05) is 42.0 Å². The Labute approximate surface area is 136 Å². The third-order valence-corrected chi connectivity index (χ3v) is 4.64. The van der Waals surface area contributed by atoms with E-state index in [9.17, 15) is 13.2 Å². The summed E-state index contributed by atoms with van der Waals surface area (Å²) in [6.07, 6.45) is -0.879. The van der Waals surface area contributed by atoms with Gasteiger partial charge in [-0.25, -0.2) is 13.1 Å². The van der Waals surface area contributed by atoms with E-state index in [0.29, 0.717) is 0 Å². The lowest BCUT2D eigenvalue weighted by molar-refractivity contribution is -0.130. The van der Waals surface area contributed by atoms with E-state index in [1.54, 1.807) is 12.1 Å². The molecule has 0 radical (unpaired) electrons. The lowest BCUT2D eigenvalue weighted by Gasteiger charge is -2.14. The number of carbonyl (C=O) groups is 1. The molecule has 6 heteroatoms. The molecule has 0 saturated heterocycles. The minimum atomic E-state index is -3.88. The highest BCUT2D eigenvalue weighted by atomic mass is 32.2. The van der Waals surface area contributed by atoms with E-state index in [1.165, 1.54) is 19.1 Å². The van der Waals surface area contributed by atoms with Gasteiger partial charge < -0.3 is 4.74 Å². The summed E-state index contributed by atoms with van der Waals surface area (Å²) in [5, 5.41) is 0. The summed E-state index contributed by atoms with van der Waals surface area (Å²) in [7, 11) is -3.88. The van der Waals surface area contributed by atoms with Crippen molar-refractivity contribution in [3.63, 3.8) is 0 Å². The molecule has 0 aliphatic heterocycles. The van der Waals surface area contributed by atoms with E-state index in [-0.39, 0.29) is 11.5 Å². The Morgan fingerprint density at radius 2 is 1.70 bits per heavy atom. The summed E-state index contributed by atoms with van der Waals surface area (Å²) < 4.78 is 31.7. The zero-order valence-corrected chi connectivity index (χ0v) is 13.8. The van der Waals surface area contributed by atoms with E-state index in [4.69, 9.17) is 4.74 Å². The molecule has 0 heterocycles. The fraction of sp³-hybridized carbons (Fsp3) is 0.235. The molecule has 2 aromatic rings. The molecule has 0 bridgehead atoms. The maximum absolute atomic E-state index is 12.1. The number of ether oxygens (including phenoxy) is 1. The molecular formula is C17H19NO4S. The van der Waals surface area contributed by atoms with Crippen LogP contribution < -0.4 is 4.72 Å². The van der Waals surface area contributed by atoms with Gasteiger partial charge in [-0.2, -0.15) is 0 Å². The van der Waals surface area contributed by atoms with Crippen LogP contribution in [0.15, 0.2) is 59.5 Å². The fourth-order valence-electron chi connectivity index (χ4n) is 1.86. The van der Waals surface area contributed by atoms with Gasteiger partial charge in [0.2, 0.25) is 0 Å². The summed E-state index contributed by atoms with van der Waals surface area (Å²) in [6.45, 7) is 3.61. The van der Waals surface area contributed by atoms with Crippen molar-refractivity contribution in [1.29, 1.82) is 0 Å². The smallest absolute Gasteiger partial charge is 0.264 e. The van der Waals surface area contributed by atoms with Crippen LogP contribution in [0, 0.1) is 6.92 Å². The first-order chi connectivity index (χ1) is 10.9. The number of carbonyl (C=O) groups excluding carboxylic acids is 1. The van der Waals surface area contributed by atoms with Crippen molar-refractivity contribution in [3.05, 3.63) is 65.7 Å². The van der Waals surface area contributed by atoms with Crippen molar-refractivity contribution in [1.82, 2.24) is 4.72 Å². The molecule has 1 unspecified atom stereocenters. The normalized spacial score (nSPS) is 12.6. The highest BCUT2D eigenvalue weighted by Crippen LogP contribution is 2.10. The number of amides is 1. The van der Waals surface area contributed by atoms with Crippen molar-refractivity contribution in [2.45, 2.75) is 31.5 Å². The first kappa shape index (κ1) is 17.2. The average Bonchev–Trinajstić information content (AvgIpc) is 2.53. The Balaban J connectivity index is 1.96. The molecule has 23 heavy (non-hydrogen) atoms. The molecule has 1 N–H and O–H groups in total. The number of sulfonamides is 1. The van der Waals surface area contributed by atoms with Crippen LogP contribution in [0.3, 0.4) is 0 Å². The van der Waals surface area contributed by atoms with E-state index in [0.717, 1.165) is 11.1 Å². The third-order valence-electron chi connectivity index (χ3n) is 3.28. The zero-order valence-electron chi connectivity index (χ0n) is 13.0. The summed E-state index contributed by atoms with van der Waals surface area (Å²) in [5.74, 6) is -0.693. The highest BCUT2D eigenvalue weighted by Gasteiger charge is 2.22. The third kappa shape index (κ3) is 4.91. The number of aryl methyl sites for hydroxylation is 1. The Kier molecular flexibility index (Phi) is 5.52. The van der Waals surface area contributed by atoms with Gasteiger partial charge in [-0.1, -0.05) is 48.0 Å². The number of benzene rings is 2. The maximum atomic E-state index is 12.1. The molecule has 0 aromatic heterocycles. The van der Waals surface area contributed by atoms with Crippen molar-refractivity contribution in [3.8, 4) is 0 Å². The van der Waals surface area contributed by atoms with Crippen LogP contribution in [-0.4, -0.2) is 20.4 Å². The van der Waals surface area contributed by atoms with Crippen LogP contribution in [-0.2, 0) is 26.2 Å². The second kappa shape index (κ2) is 7.39. The average molecular weight is 333 g/mol. The van der Waals surface area contributed by atoms with E-state index in [2.05, 4.69) is 0 Å². The number of rotatable bonds is 6. The van der Waals surface area contributed by atoms with Gasteiger partial charge in [0.25, 0.3) is 15.9 Å². The standard InChI is InChI=1S/C17H19NO4S/c1-13-8-10-16(11-9-13)23(20,21)18-17(19)14(2)22-12-15-6-4-3-5-7-15/h3-11,14H,12H2,1-2H3,(H,18,19). The van der Waals surface area contributed by atoms with Gasteiger partial charge in [0, 0.05) is 0 Å². The molecule has 0 saturated carbocycles. The Morgan fingerprint density at radius 3 is 2.30 bits per heavy atom. The second-order valence-electron chi connectivity index (χ2n) is 5.22. The van der Waals surface area contributed by atoms with Crippen molar-refractivity contribution in [2.24, 2.45) is 0 Å². The van der Waals surface area contributed by atoms with Gasteiger partial charge in [0.15, 0.2) is 0 Å². The highest BCUT2D eigenvalue weighted by molar-refractivity contribution is 7.90. The molecule has 2 aromatic carbocycles.